The third kappa shape index (κ3) is 2.09. The first-order valence-electron chi connectivity index (χ1n) is 9.42. The van der Waals surface area contributed by atoms with Crippen LogP contribution < -0.4 is 15.5 Å². The van der Waals surface area contributed by atoms with Gasteiger partial charge in [0.15, 0.2) is 10.8 Å². The fourth-order valence-corrected chi connectivity index (χ4v) is 4.84. The summed E-state index contributed by atoms with van der Waals surface area (Å²) in [5.74, 6) is -1.01. The lowest BCUT2D eigenvalue weighted by Gasteiger charge is -2.23. The Morgan fingerprint density at radius 2 is 1.83 bits per heavy atom. The molecule has 144 valence electrons. The summed E-state index contributed by atoms with van der Waals surface area (Å²) in [5.41, 5.74) is 5.59. The lowest BCUT2D eigenvalue weighted by atomic mass is 9.94. The van der Waals surface area contributed by atoms with Crippen LogP contribution in [0, 0.1) is 33.5 Å². The summed E-state index contributed by atoms with van der Waals surface area (Å²) in [6.45, 7) is 1.09. The Morgan fingerprint density at radius 3 is 2.52 bits per heavy atom. The fourth-order valence-electron chi connectivity index (χ4n) is 4.84. The van der Waals surface area contributed by atoms with Crippen molar-refractivity contribution in [3.8, 4) is 17.9 Å². The van der Waals surface area contributed by atoms with Crippen LogP contribution in [0.25, 0.3) is 0 Å². The second-order valence-electron chi connectivity index (χ2n) is 7.47. The Morgan fingerprint density at radius 1 is 1.07 bits per heavy atom. The zero-order chi connectivity index (χ0) is 20.1. The van der Waals surface area contributed by atoms with Crippen molar-refractivity contribution in [2.24, 2.45) is 16.6 Å². The Kier molecular flexibility index (Phi) is 3.69. The van der Waals surface area contributed by atoms with Crippen molar-refractivity contribution in [3.63, 3.8) is 0 Å². The predicted octanol–water partition coefficient (Wildman–Crippen LogP) is 0.535. The van der Waals surface area contributed by atoms with Crippen LogP contribution in [0.3, 0.4) is 0 Å². The van der Waals surface area contributed by atoms with E-state index in [4.69, 9.17) is 19.9 Å². The number of nitrogens with zero attached hydrogens (tertiary/aromatic N) is 2. The number of nitrogens with one attached hydrogen (secondary N) is 1. The van der Waals surface area contributed by atoms with Gasteiger partial charge in [0.2, 0.25) is 0 Å². The average Bonchev–Trinajstić information content (AvgIpc) is 3.02. The molecule has 2 heterocycles. The summed E-state index contributed by atoms with van der Waals surface area (Å²) in [6.07, 6.45) is 0. The van der Waals surface area contributed by atoms with Crippen LogP contribution in [0.2, 0.25) is 0 Å². The van der Waals surface area contributed by atoms with Crippen molar-refractivity contribution in [1.82, 2.24) is 0 Å². The van der Waals surface area contributed by atoms with Gasteiger partial charge in [-0.25, -0.2) is 4.99 Å². The van der Waals surface area contributed by atoms with Crippen LogP contribution >= 0.6 is 0 Å². The maximum absolute atomic E-state index is 10.2. The molecule has 1 saturated carbocycles. The fraction of sp³-hybridized carbons (Fsp3) is 0.318. The quantitative estimate of drug-likeness (QED) is 0.791. The van der Waals surface area contributed by atoms with E-state index >= 15 is 0 Å². The summed E-state index contributed by atoms with van der Waals surface area (Å²) in [4.78, 5) is 2.95. The van der Waals surface area contributed by atoms with Crippen LogP contribution in [0.15, 0.2) is 54.6 Å². The highest BCUT2D eigenvalue weighted by atomic mass is 16.8. The molecule has 5 rings (SSSR count). The summed E-state index contributed by atoms with van der Waals surface area (Å²) < 4.78 is 17.5. The molecule has 0 aromatic heterocycles. The van der Waals surface area contributed by atoms with Gasteiger partial charge in [0, 0.05) is 5.92 Å². The third-order valence-electron chi connectivity index (χ3n) is 6.13. The minimum atomic E-state index is -1.40. The lowest BCUT2D eigenvalue weighted by Crippen LogP contribution is -2.89. The van der Waals surface area contributed by atoms with Gasteiger partial charge in [0.05, 0.1) is 25.4 Å². The molecule has 2 aliphatic heterocycles. The highest BCUT2D eigenvalue weighted by molar-refractivity contribution is 5.95. The Hall–Kier alpha value is -3.39. The SMILES string of the molecule is N#C[C@@]12C(N)=[NH+]C3(OCCO3)[C@]1(C#N)[C@@H]2c1cccc(OCc2ccccc2)c1. The van der Waals surface area contributed by atoms with E-state index in [1.165, 1.54) is 0 Å². The van der Waals surface area contributed by atoms with Gasteiger partial charge in [-0.1, -0.05) is 42.5 Å². The number of hydrogen-bond donors (Lipinski definition) is 2. The van der Waals surface area contributed by atoms with Gasteiger partial charge < -0.3 is 14.2 Å². The standard InChI is InChI=1S/C22H18N4O3/c23-13-20-18(21(20,14-24)22(26-19(20)25)28-9-10-29-22)16-7-4-8-17(11-16)27-12-15-5-2-1-3-6-15/h1-8,11,18H,9-10,12H2,(H2,25,26)/p+1/t18-,20-,21-/m1/s1. The number of nitriles is 2. The van der Waals surface area contributed by atoms with Gasteiger partial charge >= 0.3 is 5.91 Å². The van der Waals surface area contributed by atoms with Gasteiger partial charge in [-0.05, 0) is 23.3 Å². The molecule has 2 fully saturated rings. The number of benzene rings is 2. The maximum atomic E-state index is 10.2. The molecule has 0 radical (unpaired) electrons. The predicted molar refractivity (Wildman–Crippen MR) is 101 cm³/mol. The number of rotatable bonds is 4. The smallest absolute Gasteiger partial charge is 0.343 e. The molecule has 1 spiro atoms. The van der Waals surface area contributed by atoms with Crippen molar-refractivity contribution in [2.45, 2.75) is 18.4 Å². The minimum absolute atomic E-state index is 0.212. The van der Waals surface area contributed by atoms with Crippen LogP contribution in [-0.2, 0) is 16.1 Å². The van der Waals surface area contributed by atoms with Crippen LogP contribution in [-0.4, -0.2) is 25.0 Å². The van der Waals surface area contributed by atoms with Gasteiger partial charge in [0.1, 0.15) is 12.4 Å². The van der Waals surface area contributed by atoms with Crippen LogP contribution in [0.5, 0.6) is 5.75 Å². The van der Waals surface area contributed by atoms with Crippen LogP contribution in [0.4, 0.5) is 0 Å². The van der Waals surface area contributed by atoms with E-state index < -0.39 is 22.7 Å². The summed E-state index contributed by atoms with van der Waals surface area (Å²) in [7, 11) is 0. The second-order valence-corrected chi connectivity index (χ2v) is 7.47. The van der Waals surface area contributed by atoms with Gasteiger partial charge in [-0.2, -0.15) is 10.5 Å². The van der Waals surface area contributed by atoms with E-state index in [1.807, 2.05) is 54.6 Å². The summed E-state index contributed by atoms with van der Waals surface area (Å²) in [6, 6.07) is 21.9. The zero-order valence-electron chi connectivity index (χ0n) is 15.6. The monoisotopic (exact) mass is 387 g/mol. The van der Waals surface area contributed by atoms with Gasteiger partial charge in [-0.15, -0.1) is 0 Å². The third-order valence-corrected chi connectivity index (χ3v) is 6.13. The van der Waals surface area contributed by atoms with E-state index in [9.17, 15) is 10.5 Å². The Balaban J connectivity index is 1.50. The van der Waals surface area contributed by atoms with E-state index in [2.05, 4.69) is 17.1 Å². The van der Waals surface area contributed by atoms with Gasteiger partial charge in [-0.3, -0.25) is 5.73 Å². The van der Waals surface area contributed by atoms with Gasteiger partial charge in [0.25, 0.3) is 5.84 Å². The van der Waals surface area contributed by atoms with Crippen molar-refractivity contribution in [1.29, 1.82) is 10.5 Å². The first-order chi connectivity index (χ1) is 14.1. The highest BCUT2D eigenvalue weighted by Gasteiger charge is 2.97. The largest absolute Gasteiger partial charge is 0.489 e. The number of nitrogens with two attached hydrogens (primary N) is 1. The molecule has 7 heteroatoms. The maximum Gasteiger partial charge on any atom is 0.343 e. The van der Waals surface area contributed by atoms with E-state index in [1.54, 1.807) is 0 Å². The molecule has 1 aliphatic carbocycles. The topological polar surface area (TPSA) is 115 Å². The molecule has 0 bridgehead atoms. The summed E-state index contributed by atoms with van der Waals surface area (Å²) in [5, 5.41) is 20.2. The molecule has 3 N–H and O–H groups in total. The zero-order valence-corrected chi connectivity index (χ0v) is 15.6. The molecule has 2 aromatic rings. The second kappa shape index (κ2) is 6.05. The number of fused-ring (bicyclic) bond motifs is 2. The van der Waals surface area contributed by atoms with Crippen LogP contribution in [0.1, 0.15) is 17.0 Å². The Labute approximate surface area is 167 Å². The van der Waals surface area contributed by atoms with E-state index in [0.29, 0.717) is 25.6 Å². The van der Waals surface area contributed by atoms with Crippen molar-refractivity contribution < 1.29 is 19.2 Å². The minimum Gasteiger partial charge on any atom is -0.489 e. The molecule has 29 heavy (non-hydrogen) atoms. The number of amidine groups is 1. The molecule has 0 unspecified atom stereocenters. The summed E-state index contributed by atoms with van der Waals surface area (Å²) >= 11 is 0. The van der Waals surface area contributed by atoms with Crippen molar-refractivity contribution >= 4 is 5.84 Å². The van der Waals surface area contributed by atoms with Crippen molar-refractivity contribution in [2.75, 3.05) is 13.2 Å². The molecule has 1 saturated heterocycles. The molecule has 3 atom stereocenters. The molecule has 0 amide bonds. The Bertz CT molecular complexity index is 1080. The normalized spacial score (nSPS) is 30.8. The van der Waals surface area contributed by atoms with E-state index in [-0.39, 0.29) is 5.84 Å². The molecular formula is C22H19N4O3+. The lowest BCUT2D eigenvalue weighted by molar-refractivity contribution is -0.676. The van der Waals surface area contributed by atoms with E-state index in [0.717, 1.165) is 11.1 Å². The molecule has 7 nitrogen and oxygen atoms in total. The number of ether oxygens (including phenoxy) is 3. The number of hydrogen-bond acceptors (Lipinski definition) is 6. The first-order valence-corrected chi connectivity index (χ1v) is 9.42. The highest BCUT2D eigenvalue weighted by Crippen LogP contribution is 2.79. The van der Waals surface area contributed by atoms with Crippen molar-refractivity contribution in [3.05, 3.63) is 65.7 Å². The molecule has 3 aliphatic rings. The first kappa shape index (κ1) is 17.7. The molecule has 2 aromatic carbocycles. The average molecular weight is 387 g/mol. The molecular weight excluding hydrogens is 368 g/mol.